The first-order valence-corrected chi connectivity index (χ1v) is 8.01. The topological polar surface area (TPSA) is 75.4 Å². The maximum Gasteiger partial charge on any atom is 0.220 e. The first kappa shape index (κ1) is 15.7. The van der Waals surface area contributed by atoms with Gasteiger partial charge in [-0.25, -0.2) is 4.98 Å². The monoisotopic (exact) mass is 314 g/mol. The minimum Gasteiger partial charge on any atom is -0.440 e. The molecule has 122 valence electrons. The predicted octanol–water partition coefficient (Wildman–Crippen LogP) is 2.47. The molecule has 5 heteroatoms. The van der Waals surface area contributed by atoms with E-state index in [2.05, 4.69) is 10.3 Å². The smallest absolute Gasteiger partial charge is 0.220 e. The number of aromatic nitrogens is 1. The van der Waals surface area contributed by atoms with Gasteiger partial charge in [-0.15, -0.1) is 0 Å². The minimum absolute atomic E-state index is 0.0261. The molecule has 0 radical (unpaired) electrons. The summed E-state index contributed by atoms with van der Waals surface area (Å²) in [5.74, 6) is 1.32. The van der Waals surface area contributed by atoms with Gasteiger partial charge in [0.15, 0.2) is 11.7 Å². The van der Waals surface area contributed by atoms with Crippen molar-refractivity contribution in [3.8, 4) is 11.3 Å². The Morgan fingerprint density at radius 3 is 2.74 bits per heavy atom. The molecule has 1 aliphatic rings. The first-order valence-electron chi connectivity index (χ1n) is 8.01. The van der Waals surface area contributed by atoms with Gasteiger partial charge in [0.1, 0.15) is 0 Å². The molecule has 1 fully saturated rings. The van der Waals surface area contributed by atoms with E-state index in [1.54, 1.807) is 0 Å². The van der Waals surface area contributed by atoms with E-state index in [1.807, 2.05) is 37.3 Å². The molecule has 1 aliphatic carbocycles. The molecule has 2 aromatic rings. The lowest BCUT2D eigenvalue weighted by molar-refractivity contribution is -0.121. The van der Waals surface area contributed by atoms with Gasteiger partial charge in [0, 0.05) is 30.4 Å². The van der Waals surface area contributed by atoms with Crippen molar-refractivity contribution in [1.82, 2.24) is 10.3 Å². The first-order chi connectivity index (χ1) is 11.1. The van der Waals surface area contributed by atoms with Gasteiger partial charge in [-0.05, 0) is 19.8 Å². The van der Waals surface area contributed by atoms with Crippen molar-refractivity contribution < 1.29 is 14.3 Å². The third-order valence-corrected chi connectivity index (χ3v) is 4.40. The fourth-order valence-electron chi connectivity index (χ4n) is 2.58. The van der Waals surface area contributed by atoms with Gasteiger partial charge >= 0.3 is 0 Å². The van der Waals surface area contributed by atoms with Gasteiger partial charge in [-0.1, -0.05) is 30.3 Å². The zero-order valence-electron chi connectivity index (χ0n) is 13.3. The van der Waals surface area contributed by atoms with Gasteiger partial charge in [0.25, 0.3) is 0 Å². The normalized spacial score (nSPS) is 15.4. The second-order valence-corrected chi connectivity index (χ2v) is 6.32. The van der Waals surface area contributed by atoms with Crippen molar-refractivity contribution in [2.75, 3.05) is 13.2 Å². The SMILES string of the molecule is Cc1nc(CCC(=O)NCC2(CO)CC2)oc1-c1ccccc1. The van der Waals surface area contributed by atoms with Crippen LogP contribution >= 0.6 is 0 Å². The predicted molar refractivity (Wildman–Crippen MR) is 86.8 cm³/mol. The molecule has 5 nitrogen and oxygen atoms in total. The summed E-state index contributed by atoms with van der Waals surface area (Å²) in [5.41, 5.74) is 1.77. The highest BCUT2D eigenvalue weighted by atomic mass is 16.4. The summed E-state index contributed by atoms with van der Waals surface area (Å²) in [5, 5.41) is 12.1. The van der Waals surface area contributed by atoms with Crippen molar-refractivity contribution >= 4 is 5.91 Å². The Morgan fingerprint density at radius 2 is 2.09 bits per heavy atom. The molecule has 0 unspecified atom stereocenters. The molecule has 1 aromatic heterocycles. The number of carbonyl (C=O) groups is 1. The van der Waals surface area contributed by atoms with Gasteiger partial charge < -0.3 is 14.8 Å². The van der Waals surface area contributed by atoms with Crippen LogP contribution in [0.1, 0.15) is 30.8 Å². The third-order valence-electron chi connectivity index (χ3n) is 4.40. The van der Waals surface area contributed by atoms with Crippen molar-refractivity contribution in [3.63, 3.8) is 0 Å². The van der Waals surface area contributed by atoms with E-state index >= 15 is 0 Å². The zero-order valence-corrected chi connectivity index (χ0v) is 13.3. The summed E-state index contributed by atoms with van der Waals surface area (Å²) in [6.07, 6.45) is 2.80. The quantitative estimate of drug-likeness (QED) is 0.823. The zero-order chi connectivity index (χ0) is 16.3. The lowest BCUT2D eigenvalue weighted by Gasteiger charge is -2.12. The molecule has 0 spiro atoms. The van der Waals surface area contributed by atoms with Gasteiger partial charge in [0.05, 0.1) is 12.3 Å². The minimum atomic E-state index is -0.0599. The van der Waals surface area contributed by atoms with Crippen molar-refractivity contribution in [2.24, 2.45) is 5.41 Å². The van der Waals surface area contributed by atoms with E-state index < -0.39 is 0 Å². The molecular formula is C18H22N2O3. The average Bonchev–Trinajstić information content (AvgIpc) is 3.27. The van der Waals surface area contributed by atoms with Crippen LogP contribution in [0.15, 0.2) is 34.7 Å². The van der Waals surface area contributed by atoms with E-state index in [9.17, 15) is 9.90 Å². The second-order valence-electron chi connectivity index (χ2n) is 6.32. The van der Waals surface area contributed by atoms with E-state index in [1.165, 1.54) is 0 Å². The summed E-state index contributed by atoms with van der Waals surface area (Å²) in [7, 11) is 0. The van der Waals surface area contributed by atoms with Crippen LogP contribution in [-0.4, -0.2) is 29.1 Å². The Balaban J connectivity index is 1.54. The highest BCUT2D eigenvalue weighted by molar-refractivity contribution is 5.76. The van der Waals surface area contributed by atoms with E-state index in [4.69, 9.17) is 4.42 Å². The van der Waals surface area contributed by atoms with E-state index in [0.29, 0.717) is 25.3 Å². The van der Waals surface area contributed by atoms with Gasteiger partial charge in [0.2, 0.25) is 5.91 Å². The Labute approximate surface area is 135 Å². The summed E-state index contributed by atoms with van der Waals surface area (Å²) in [6.45, 7) is 2.61. The molecule has 3 rings (SSSR count). The van der Waals surface area contributed by atoms with Crippen LogP contribution < -0.4 is 5.32 Å². The van der Waals surface area contributed by atoms with Crippen LogP contribution in [0.2, 0.25) is 0 Å². The van der Waals surface area contributed by atoms with Crippen LogP contribution in [-0.2, 0) is 11.2 Å². The number of aliphatic hydroxyl groups is 1. The molecule has 1 heterocycles. The third kappa shape index (κ3) is 3.79. The number of benzene rings is 1. The molecule has 23 heavy (non-hydrogen) atoms. The van der Waals surface area contributed by atoms with Crippen LogP contribution in [0.25, 0.3) is 11.3 Å². The molecule has 1 aromatic carbocycles. The Hall–Kier alpha value is -2.14. The lowest BCUT2D eigenvalue weighted by Crippen LogP contribution is -2.31. The summed E-state index contributed by atoms with van der Waals surface area (Å²) in [4.78, 5) is 16.3. The maximum absolute atomic E-state index is 11.9. The number of aryl methyl sites for hydroxylation is 2. The summed E-state index contributed by atoms with van der Waals surface area (Å²) in [6, 6.07) is 9.83. The van der Waals surface area contributed by atoms with E-state index in [0.717, 1.165) is 29.9 Å². The molecule has 0 atom stereocenters. The number of oxazole rings is 1. The maximum atomic E-state index is 11.9. The fraction of sp³-hybridized carbons (Fsp3) is 0.444. The standard InChI is InChI=1S/C18H22N2O3/c1-13-17(14-5-3-2-4-6-14)23-16(20-13)8-7-15(22)19-11-18(12-21)9-10-18/h2-6,21H,7-12H2,1H3,(H,19,22). The highest BCUT2D eigenvalue weighted by Gasteiger charge is 2.41. The van der Waals surface area contributed by atoms with Gasteiger partial charge in [-0.3, -0.25) is 4.79 Å². The molecule has 0 aliphatic heterocycles. The van der Waals surface area contributed by atoms with Crippen molar-refractivity contribution in [2.45, 2.75) is 32.6 Å². The van der Waals surface area contributed by atoms with Crippen LogP contribution in [0.5, 0.6) is 0 Å². The lowest BCUT2D eigenvalue weighted by atomic mass is 10.1. The number of nitrogens with one attached hydrogen (secondary N) is 1. The van der Waals surface area contributed by atoms with Crippen LogP contribution in [0, 0.1) is 12.3 Å². The van der Waals surface area contributed by atoms with Crippen molar-refractivity contribution in [3.05, 3.63) is 41.9 Å². The summed E-state index contributed by atoms with van der Waals surface area (Å²) < 4.78 is 5.80. The van der Waals surface area contributed by atoms with Crippen LogP contribution in [0.4, 0.5) is 0 Å². The Morgan fingerprint density at radius 1 is 1.35 bits per heavy atom. The average molecular weight is 314 g/mol. The number of hydrogen-bond acceptors (Lipinski definition) is 4. The Bertz CT molecular complexity index is 675. The molecular weight excluding hydrogens is 292 g/mol. The van der Waals surface area contributed by atoms with Gasteiger partial charge in [-0.2, -0.15) is 0 Å². The molecule has 2 N–H and O–H groups in total. The number of aliphatic hydroxyl groups excluding tert-OH is 1. The number of amides is 1. The Kier molecular flexibility index (Phi) is 4.48. The van der Waals surface area contributed by atoms with E-state index in [-0.39, 0.29) is 17.9 Å². The fourth-order valence-corrected chi connectivity index (χ4v) is 2.58. The molecule has 1 amide bonds. The molecule has 1 saturated carbocycles. The van der Waals surface area contributed by atoms with Crippen molar-refractivity contribution in [1.29, 1.82) is 0 Å². The number of nitrogens with zero attached hydrogens (tertiary/aromatic N) is 1. The second kappa shape index (κ2) is 6.54. The highest BCUT2D eigenvalue weighted by Crippen LogP contribution is 2.44. The van der Waals surface area contributed by atoms with Crippen LogP contribution in [0.3, 0.4) is 0 Å². The largest absolute Gasteiger partial charge is 0.440 e. The molecule has 0 saturated heterocycles. The molecule has 0 bridgehead atoms. The summed E-state index contributed by atoms with van der Waals surface area (Å²) >= 11 is 0. The number of carbonyl (C=O) groups excluding carboxylic acids is 1. The number of hydrogen-bond donors (Lipinski definition) is 2. The number of rotatable bonds is 7.